The minimum absolute atomic E-state index is 0.106. The molecular weight excluding hydrogens is 188 g/mol. The molecule has 0 atom stereocenters. The van der Waals surface area contributed by atoms with Crippen LogP contribution in [0.2, 0.25) is 0 Å². The molecule has 0 aromatic carbocycles. The van der Waals surface area contributed by atoms with Gasteiger partial charge in [-0.1, -0.05) is 0 Å². The molecule has 1 aromatic heterocycles. The Morgan fingerprint density at radius 1 is 1.57 bits per heavy atom. The molecule has 0 spiro atoms. The summed E-state index contributed by atoms with van der Waals surface area (Å²) in [5.74, 6) is -1.04. The highest BCUT2D eigenvalue weighted by molar-refractivity contribution is 5.66. The highest BCUT2D eigenvalue weighted by atomic mass is 16.4. The van der Waals surface area contributed by atoms with E-state index in [1.807, 2.05) is 0 Å². The number of nitrogens with one attached hydrogen (secondary N) is 1. The topological polar surface area (TPSA) is 92.2 Å². The molecule has 0 saturated carbocycles. The Morgan fingerprint density at radius 2 is 2.21 bits per heavy atom. The van der Waals surface area contributed by atoms with Crippen molar-refractivity contribution in [2.24, 2.45) is 0 Å². The second kappa shape index (κ2) is 3.91. The highest BCUT2D eigenvalue weighted by Crippen LogP contribution is 1.84. The van der Waals surface area contributed by atoms with Gasteiger partial charge in [-0.2, -0.15) is 0 Å². The van der Waals surface area contributed by atoms with Crippen LogP contribution in [-0.4, -0.2) is 20.6 Å². The molecule has 1 heterocycles. The Bertz CT molecular complexity index is 457. The third kappa shape index (κ3) is 2.09. The largest absolute Gasteiger partial charge is 0.481 e. The zero-order chi connectivity index (χ0) is 10.7. The molecule has 1 aromatic rings. The van der Waals surface area contributed by atoms with Crippen LogP contribution in [0.25, 0.3) is 0 Å². The van der Waals surface area contributed by atoms with Gasteiger partial charge >= 0.3 is 11.7 Å². The molecule has 0 aliphatic heterocycles. The fourth-order valence-corrected chi connectivity index (χ4v) is 1.03. The van der Waals surface area contributed by atoms with E-state index >= 15 is 0 Å². The summed E-state index contributed by atoms with van der Waals surface area (Å²) in [5, 5.41) is 8.40. The van der Waals surface area contributed by atoms with Crippen LogP contribution < -0.4 is 11.2 Å². The molecule has 0 aliphatic carbocycles. The van der Waals surface area contributed by atoms with Gasteiger partial charge in [-0.05, 0) is 6.92 Å². The lowest BCUT2D eigenvalue weighted by Gasteiger charge is -2.02. The maximum Gasteiger partial charge on any atom is 0.328 e. The second-order valence-corrected chi connectivity index (χ2v) is 2.88. The minimum Gasteiger partial charge on any atom is -0.481 e. The molecule has 0 fully saturated rings. The number of carboxylic acids is 1. The summed E-state index contributed by atoms with van der Waals surface area (Å²) in [6.07, 6.45) is 1.06. The van der Waals surface area contributed by atoms with E-state index < -0.39 is 17.2 Å². The van der Waals surface area contributed by atoms with Crippen LogP contribution in [-0.2, 0) is 11.3 Å². The first kappa shape index (κ1) is 10.2. The maximum atomic E-state index is 11.4. The van der Waals surface area contributed by atoms with Gasteiger partial charge in [-0.15, -0.1) is 0 Å². The summed E-state index contributed by atoms with van der Waals surface area (Å²) in [5.41, 5.74) is -0.646. The van der Waals surface area contributed by atoms with E-state index in [-0.39, 0.29) is 13.0 Å². The van der Waals surface area contributed by atoms with Crippen LogP contribution in [0.5, 0.6) is 0 Å². The van der Waals surface area contributed by atoms with Crippen LogP contribution >= 0.6 is 0 Å². The number of rotatable bonds is 3. The number of aliphatic carboxylic acids is 1. The molecule has 76 valence electrons. The zero-order valence-electron chi connectivity index (χ0n) is 7.61. The molecule has 1 rings (SSSR count). The number of aromatic amines is 1. The second-order valence-electron chi connectivity index (χ2n) is 2.88. The summed E-state index contributed by atoms with van der Waals surface area (Å²) in [6.45, 7) is 1.45. The average Bonchev–Trinajstić information content (AvgIpc) is 2.11. The van der Waals surface area contributed by atoms with Crippen molar-refractivity contribution in [3.05, 3.63) is 32.6 Å². The Kier molecular flexibility index (Phi) is 2.85. The van der Waals surface area contributed by atoms with Crippen molar-refractivity contribution in [1.29, 1.82) is 0 Å². The predicted molar refractivity (Wildman–Crippen MR) is 48.3 cm³/mol. The van der Waals surface area contributed by atoms with Gasteiger partial charge in [0.2, 0.25) is 0 Å². The summed E-state index contributed by atoms with van der Waals surface area (Å²) >= 11 is 0. The van der Waals surface area contributed by atoms with Crippen molar-refractivity contribution >= 4 is 5.97 Å². The van der Waals surface area contributed by atoms with Gasteiger partial charge in [0.15, 0.2) is 0 Å². The van der Waals surface area contributed by atoms with E-state index in [9.17, 15) is 14.4 Å². The van der Waals surface area contributed by atoms with Gasteiger partial charge in [0.1, 0.15) is 0 Å². The standard InChI is InChI=1S/C8H10N2O4/c1-5-4-9-8(14)10(7(5)13)3-2-6(11)12/h4H,2-3H2,1H3,(H,9,14)(H,11,12). The Labute approximate surface area is 78.8 Å². The van der Waals surface area contributed by atoms with E-state index in [0.29, 0.717) is 5.56 Å². The normalized spacial score (nSPS) is 10.1. The van der Waals surface area contributed by atoms with Gasteiger partial charge in [0, 0.05) is 18.3 Å². The number of aryl methyl sites for hydroxylation is 1. The van der Waals surface area contributed by atoms with Gasteiger partial charge in [0.05, 0.1) is 6.42 Å². The van der Waals surface area contributed by atoms with Crippen LogP contribution in [0, 0.1) is 6.92 Å². The van der Waals surface area contributed by atoms with Crippen LogP contribution in [0.1, 0.15) is 12.0 Å². The van der Waals surface area contributed by atoms with E-state index in [1.54, 1.807) is 6.92 Å². The quantitative estimate of drug-likeness (QED) is 0.673. The van der Waals surface area contributed by atoms with Crippen molar-refractivity contribution in [1.82, 2.24) is 9.55 Å². The first-order valence-electron chi connectivity index (χ1n) is 4.03. The summed E-state index contributed by atoms with van der Waals surface area (Å²) in [4.78, 5) is 35.1. The molecule has 0 bridgehead atoms. The van der Waals surface area contributed by atoms with Crippen molar-refractivity contribution in [2.45, 2.75) is 19.9 Å². The molecular formula is C8H10N2O4. The highest BCUT2D eigenvalue weighted by Gasteiger charge is 2.05. The van der Waals surface area contributed by atoms with Crippen LogP contribution in [0.4, 0.5) is 0 Å². The summed E-state index contributed by atoms with van der Waals surface area (Å²) < 4.78 is 0.878. The molecule has 0 aliphatic rings. The molecule has 0 unspecified atom stereocenters. The third-order valence-corrected chi connectivity index (χ3v) is 1.79. The molecule has 0 amide bonds. The smallest absolute Gasteiger partial charge is 0.328 e. The van der Waals surface area contributed by atoms with Crippen molar-refractivity contribution in [3.8, 4) is 0 Å². The number of aromatic nitrogens is 2. The number of carbonyl (C=O) groups is 1. The minimum atomic E-state index is -1.04. The number of H-pyrrole nitrogens is 1. The predicted octanol–water partition coefficient (Wildman–Crippen LogP) is -0.680. The van der Waals surface area contributed by atoms with Crippen molar-refractivity contribution in [3.63, 3.8) is 0 Å². The molecule has 0 saturated heterocycles. The lowest BCUT2D eigenvalue weighted by atomic mass is 10.3. The van der Waals surface area contributed by atoms with Gasteiger partial charge in [-0.3, -0.25) is 14.2 Å². The molecule has 6 nitrogen and oxygen atoms in total. The maximum absolute atomic E-state index is 11.4. The number of carboxylic acid groups (broad SMARTS) is 1. The van der Waals surface area contributed by atoms with Crippen LogP contribution in [0.15, 0.2) is 15.8 Å². The average molecular weight is 198 g/mol. The third-order valence-electron chi connectivity index (χ3n) is 1.79. The SMILES string of the molecule is Cc1c[nH]c(=O)n(CCC(=O)O)c1=O. The molecule has 0 radical (unpaired) electrons. The number of nitrogens with zero attached hydrogens (tertiary/aromatic N) is 1. The van der Waals surface area contributed by atoms with E-state index in [1.165, 1.54) is 6.20 Å². The Morgan fingerprint density at radius 3 is 2.79 bits per heavy atom. The summed E-state index contributed by atoms with van der Waals surface area (Å²) in [6, 6.07) is 0. The molecule has 2 N–H and O–H groups in total. The van der Waals surface area contributed by atoms with Crippen molar-refractivity contribution in [2.75, 3.05) is 0 Å². The van der Waals surface area contributed by atoms with Gasteiger partial charge in [-0.25, -0.2) is 4.79 Å². The zero-order valence-corrected chi connectivity index (χ0v) is 7.61. The fraction of sp³-hybridized carbons (Fsp3) is 0.375. The van der Waals surface area contributed by atoms with E-state index in [0.717, 1.165) is 4.57 Å². The number of hydrogen-bond acceptors (Lipinski definition) is 3. The number of hydrogen-bond donors (Lipinski definition) is 2. The lowest BCUT2D eigenvalue weighted by Crippen LogP contribution is -2.36. The first-order chi connectivity index (χ1) is 6.52. The first-order valence-corrected chi connectivity index (χ1v) is 4.03. The molecule has 14 heavy (non-hydrogen) atoms. The molecule has 6 heteroatoms. The van der Waals surface area contributed by atoms with E-state index in [2.05, 4.69) is 4.98 Å². The van der Waals surface area contributed by atoms with E-state index in [4.69, 9.17) is 5.11 Å². The monoisotopic (exact) mass is 198 g/mol. The lowest BCUT2D eigenvalue weighted by molar-refractivity contribution is -0.137. The van der Waals surface area contributed by atoms with Gasteiger partial charge in [0.25, 0.3) is 5.56 Å². The Hall–Kier alpha value is -1.85. The Balaban J connectivity index is 3.08. The van der Waals surface area contributed by atoms with Gasteiger partial charge < -0.3 is 10.1 Å². The van der Waals surface area contributed by atoms with Crippen LogP contribution in [0.3, 0.4) is 0 Å². The van der Waals surface area contributed by atoms with Crippen molar-refractivity contribution < 1.29 is 9.90 Å². The fourth-order valence-electron chi connectivity index (χ4n) is 1.03. The summed E-state index contributed by atoms with van der Waals surface area (Å²) in [7, 11) is 0.